The Bertz CT molecular complexity index is 1030. The molecule has 1 fully saturated rings. The summed E-state index contributed by atoms with van der Waals surface area (Å²) in [5.74, 6) is -0.426. The molecular weight excluding hydrogens is 427 g/mol. The number of ether oxygens (including phenoxy) is 1. The summed E-state index contributed by atoms with van der Waals surface area (Å²) in [6.07, 6.45) is 1.65. The van der Waals surface area contributed by atoms with E-state index >= 15 is 0 Å². The Hall–Kier alpha value is -3.03. The maximum atomic E-state index is 12.4. The molecule has 0 aliphatic carbocycles. The fourth-order valence-electron chi connectivity index (χ4n) is 3.13. The van der Waals surface area contributed by atoms with Crippen molar-refractivity contribution in [2.75, 3.05) is 31.5 Å². The zero-order valence-corrected chi connectivity index (χ0v) is 17.4. The van der Waals surface area contributed by atoms with Crippen LogP contribution < -0.4 is 5.32 Å². The smallest absolute Gasteiger partial charge is 0.365 e. The lowest BCUT2D eigenvalue weighted by Gasteiger charge is -2.34. The molecule has 0 atom stereocenters. The summed E-state index contributed by atoms with van der Waals surface area (Å²) in [5.41, 5.74) is 1.40. The van der Waals surface area contributed by atoms with Crippen LogP contribution in [0.5, 0.6) is 0 Å². The predicted octanol–water partition coefficient (Wildman–Crippen LogP) is 3.99. The van der Waals surface area contributed by atoms with Gasteiger partial charge >= 0.3 is 12.0 Å². The summed E-state index contributed by atoms with van der Waals surface area (Å²) >= 11 is 12.2. The van der Waals surface area contributed by atoms with E-state index in [4.69, 9.17) is 27.9 Å². The second kappa shape index (κ2) is 8.77. The SMILES string of the molecule is O=C1OC(c2cccc(Cl)c2Cl)=N/C1=C/N1CCN(C(=O)Nc2ccccc2)CC1. The van der Waals surface area contributed by atoms with E-state index < -0.39 is 5.97 Å². The minimum Gasteiger partial charge on any atom is -0.402 e. The molecule has 2 amide bonds. The minimum absolute atomic E-state index is 0.125. The highest BCUT2D eigenvalue weighted by atomic mass is 35.5. The number of esters is 1. The van der Waals surface area contributed by atoms with Crippen molar-refractivity contribution in [2.24, 2.45) is 4.99 Å². The number of nitrogens with one attached hydrogen (secondary N) is 1. The Morgan fingerprint density at radius 3 is 2.50 bits per heavy atom. The van der Waals surface area contributed by atoms with E-state index in [9.17, 15) is 9.59 Å². The van der Waals surface area contributed by atoms with Crippen molar-refractivity contribution in [3.8, 4) is 0 Å². The summed E-state index contributed by atoms with van der Waals surface area (Å²) in [6, 6.07) is 14.2. The van der Waals surface area contributed by atoms with Gasteiger partial charge < -0.3 is 19.9 Å². The Balaban J connectivity index is 1.39. The van der Waals surface area contributed by atoms with Crippen molar-refractivity contribution in [1.82, 2.24) is 9.80 Å². The lowest BCUT2D eigenvalue weighted by atomic mass is 10.2. The third-order valence-corrected chi connectivity index (χ3v) is 5.55. The van der Waals surface area contributed by atoms with Crippen molar-refractivity contribution in [1.29, 1.82) is 0 Å². The zero-order valence-electron chi connectivity index (χ0n) is 15.8. The van der Waals surface area contributed by atoms with Gasteiger partial charge in [0.15, 0.2) is 5.70 Å². The van der Waals surface area contributed by atoms with Crippen LogP contribution in [-0.2, 0) is 9.53 Å². The quantitative estimate of drug-likeness (QED) is 0.573. The molecule has 1 N–H and O–H groups in total. The maximum absolute atomic E-state index is 12.4. The fraction of sp³-hybridized carbons (Fsp3) is 0.190. The van der Waals surface area contributed by atoms with Crippen LogP contribution in [0.25, 0.3) is 0 Å². The Kier molecular flexibility index (Phi) is 5.92. The maximum Gasteiger partial charge on any atom is 0.365 e. The van der Waals surface area contributed by atoms with Crippen LogP contribution in [0.1, 0.15) is 5.56 Å². The second-order valence-corrected chi connectivity index (χ2v) is 7.53. The summed E-state index contributed by atoms with van der Waals surface area (Å²) in [5, 5.41) is 3.51. The van der Waals surface area contributed by atoms with Gasteiger partial charge in [-0.15, -0.1) is 0 Å². The van der Waals surface area contributed by atoms with Gasteiger partial charge in [0, 0.05) is 38.1 Å². The molecule has 30 heavy (non-hydrogen) atoms. The monoisotopic (exact) mass is 444 g/mol. The summed E-state index contributed by atoms with van der Waals surface area (Å²) in [7, 11) is 0. The Morgan fingerprint density at radius 1 is 1.03 bits per heavy atom. The van der Waals surface area contributed by atoms with E-state index in [0.29, 0.717) is 36.8 Å². The normalized spacial score (nSPS) is 17.7. The van der Waals surface area contributed by atoms with Gasteiger partial charge in [0.05, 0.1) is 15.6 Å². The Labute approximate surface area is 183 Å². The van der Waals surface area contributed by atoms with Crippen molar-refractivity contribution >= 4 is 46.8 Å². The van der Waals surface area contributed by atoms with Crippen LogP contribution in [0.3, 0.4) is 0 Å². The molecule has 4 rings (SSSR count). The largest absolute Gasteiger partial charge is 0.402 e. The number of carbonyl (C=O) groups excluding carboxylic acids is 2. The van der Waals surface area contributed by atoms with Gasteiger partial charge in [-0.3, -0.25) is 0 Å². The van der Waals surface area contributed by atoms with Gasteiger partial charge in [-0.1, -0.05) is 47.5 Å². The highest BCUT2D eigenvalue weighted by Crippen LogP contribution is 2.28. The first-order chi connectivity index (χ1) is 14.5. The fourth-order valence-corrected chi connectivity index (χ4v) is 3.52. The molecule has 2 aromatic rings. The number of carbonyl (C=O) groups is 2. The van der Waals surface area contributed by atoms with Crippen LogP contribution in [0.15, 0.2) is 65.4 Å². The number of hydrogen-bond acceptors (Lipinski definition) is 5. The number of amides is 2. The van der Waals surface area contributed by atoms with E-state index in [2.05, 4.69) is 10.3 Å². The molecule has 0 saturated carbocycles. The van der Waals surface area contributed by atoms with E-state index in [-0.39, 0.29) is 22.6 Å². The molecule has 1 saturated heterocycles. The number of rotatable bonds is 3. The van der Waals surface area contributed by atoms with E-state index in [0.717, 1.165) is 5.69 Å². The van der Waals surface area contributed by atoms with Gasteiger partial charge in [0.2, 0.25) is 5.90 Å². The van der Waals surface area contributed by atoms with Gasteiger partial charge in [0.25, 0.3) is 0 Å². The molecular formula is C21H18Cl2N4O3. The molecule has 2 aliphatic heterocycles. The molecule has 0 bridgehead atoms. The van der Waals surface area contributed by atoms with Gasteiger partial charge in [-0.05, 0) is 24.3 Å². The van der Waals surface area contributed by atoms with E-state index in [1.807, 2.05) is 35.2 Å². The van der Waals surface area contributed by atoms with Crippen LogP contribution in [0.2, 0.25) is 10.0 Å². The lowest BCUT2D eigenvalue weighted by molar-refractivity contribution is -0.130. The number of piperazine rings is 1. The number of nitrogens with zero attached hydrogens (tertiary/aromatic N) is 3. The standard InChI is InChI=1S/C21H18Cl2N4O3/c22-16-8-4-7-15(18(16)23)19-25-17(20(28)30-19)13-26-9-11-27(12-10-26)21(29)24-14-5-2-1-3-6-14/h1-8,13H,9-12H2,(H,24,29)/b17-13+. The molecule has 2 aromatic carbocycles. The number of hydrogen-bond donors (Lipinski definition) is 1. The molecule has 2 heterocycles. The van der Waals surface area contributed by atoms with Crippen molar-refractivity contribution < 1.29 is 14.3 Å². The van der Waals surface area contributed by atoms with Crippen LogP contribution >= 0.6 is 23.2 Å². The van der Waals surface area contributed by atoms with Crippen LogP contribution in [0.4, 0.5) is 10.5 Å². The summed E-state index contributed by atoms with van der Waals surface area (Å²) < 4.78 is 5.26. The molecule has 0 spiro atoms. The van der Waals surface area contributed by atoms with Gasteiger partial charge in [-0.2, -0.15) is 0 Å². The molecule has 0 unspecified atom stereocenters. The summed E-state index contributed by atoms with van der Waals surface area (Å²) in [6.45, 7) is 2.19. The number of anilines is 1. The first kappa shape index (κ1) is 20.3. The van der Waals surface area contributed by atoms with Crippen molar-refractivity contribution in [2.45, 2.75) is 0 Å². The third kappa shape index (κ3) is 4.42. The molecule has 0 radical (unpaired) electrons. The van der Waals surface area contributed by atoms with Gasteiger partial charge in [0.1, 0.15) is 0 Å². The lowest BCUT2D eigenvalue weighted by Crippen LogP contribution is -2.48. The van der Waals surface area contributed by atoms with Gasteiger partial charge in [-0.25, -0.2) is 14.6 Å². The van der Waals surface area contributed by atoms with Crippen molar-refractivity contribution in [3.05, 3.63) is 76.0 Å². The van der Waals surface area contributed by atoms with E-state index in [1.54, 1.807) is 29.3 Å². The summed E-state index contributed by atoms with van der Waals surface area (Å²) in [4.78, 5) is 32.6. The number of aliphatic imine (C=N–C) groups is 1. The minimum atomic E-state index is -0.551. The highest BCUT2D eigenvalue weighted by Gasteiger charge is 2.28. The topological polar surface area (TPSA) is 74.2 Å². The van der Waals surface area contributed by atoms with Crippen molar-refractivity contribution in [3.63, 3.8) is 0 Å². The predicted molar refractivity (Wildman–Crippen MR) is 116 cm³/mol. The number of halogens is 2. The average molecular weight is 445 g/mol. The Morgan fingerprint density at radius 2 is 1.77 bits per heavy atom. The second-order valence-electron chi connectivity index (χ2n) is 6.74. The first-order valence-corrected chi connectivity index (χ1v) is 10.1. The zero-order chi connectivity index (χ0) is 21.1. The number of urea groups is 1. The third-order valence-electron chi connectivity index (χ3n) is 4.73. The average Bonchev–Trinajstić information content (AvgIpc) is 3.11. The van der Waals surface area contributed by atoms with Crippen LogP contribution in [0, 0.1) is 0 Å². The number of para-hydroxylation sites is 1. The number of cyclic esters (lactones) is 1. The van der Waals surface area contributed by atoms with Crippen LogP contribution in [-0.4, -0.2) is 53.9 Å². The molecule has 0 aromatic heterocycles. The molecule has 9 heteroatoms. The highest BCUT2D eigenvalue weighted by molar-refractivity contribution is 6.44. The number of benzene rings is 2. The molecule has 154 valence electrons. The molecule has 2 aliphatic rings. The molecule has 7 nitrogen and oxygen atoms in total. The van der Waals surface area contributed by atoms with E-state index in [1.165, 1.54) is 0 Å². The first-order valence-electron chi connectivity index (χ1n) is 9.33.